The number of carbonyl (C=O) groups is 2. The lowest BCUT2D eigenvalue weighted by molar-refractivity contribution is -0.122. The molecule has 3 rings (SSSR count). The Kier molecular flexibility index (Phi) is 8.17. The van der Waals surface area contributed by atoms with E-state index in [2.05, 4.69) is 5.32 Å². The van der Waals surface area contributed by atoms with E-state index in [1.165, 1.54) is 11.8 Å². The molecule has 2 aromatic rings. The number of carbonyl (C=O) groups excluding carboxylic acids is 2. The number of hydrogen-bond acceptors (Lipinski definition) is 6. The predicted octanol–water partition coefficient (Wildman–Crippen LogP) is 5.29. The minimum Gasteiger partial charge on any atom is -0.490 e. The number of amides is 2. The van der Waals surface area contributed by atoms with E-state index < -0.39 is 0 Å². The van der Waals surface area contributed by atoms with Gasteiger partial charge in [0.25, 0.3) is 11.8 Å². The Balaban J connectivity index is 1.76. The summed E-state index contributed by atoms with van der Waals surface area (Å²) in [4.78, 5) is 26.8. The maximum absolute atomic E-state index is 12.5. The fourth-order valence-corrected chi connectivity index (χ4v) is 4.63. The lowest BCUT2D eigenvalue weighted by Crippen LogP contribution is -2.27. The number of thiocarbonyl (C=S) groups is 1. The van der Waals surface area contributed by atoms with Gasteiger partial charge in [-0.3, -0.25) is 14.5 Å². The van der Waals surface area contributed by atoms with Crippen LogP contribution in [-0.4, -0.2) is 40.8 Å². The van der Waals surface area contributed by atoms with Crippen molar-refractivity contribution in [1.82, 2.24) is 4.90 Å². The Morgan fingerprint density at radius 3 is 2.56 bits per heavy atom. The van der Waals surface area contributed by atoms with Crippen molar-refractivity contribution in [2.75, 3.05) is 25.1 Å². The van der Waals surface area contributed by atoms with Crippen LogP contribution in [0.5, 0.6) is 11.5 Å². The van der Waals surface area contributed by atoms with Crippen molar-refractivity contribution in [3.8, 4) is 11.5 Å². The number of anilines is 1. The third kappa shape index (κ3) is 5.82. The van der Waals surface area contributed by atoms with E-state index in [1.807, 2.05) is 45.0 Å². The van der Waals surface area contributed by atoms with Crippen molar-refractivity contribution < 1.29 is 19.1 Å². The molecule has 0 aliphatic carbocycles. The molecule has 1 aliphatic rings. The summed E-state index contributed by atoms with van der Waals surface area (Å²) < 4.78 is 11.9. The third-order valence-corrected chi connectivity index (χ3v) is 6.16. The first-order chi connectivity index (χ1) is 15.3. The highest BCUT2D eigenvalue weighted by atomic mass is 35.5. The normalized spacial score (nSPS) is 14.8. The number of thioether (sulfide) groups is 1. The molecule has 32 heavy (non-hydrogen) atoms. The molecular formula is C23H23ClN2O4S2. The number of hydrogen-bond donors (Lipinski definition) is 1. The predicted molar refractivity (Wildman–Crippen MR) is 133 cm³/mol. The number of ether oxygens (including phenoxy) is 2. The van der Waals surface area contributed by atoms with E-state index in [-0.39, 0.29) is 29.2 Å². The summed E-state index contributed by atoms with van der Waals surface area (Å²) in [5.41, 5.74) is 2.45. The summed E-state index contributed by atoms with van der Waals surface area (Å²) in [5.74, 6) is 0.204. The van der Waals surface area contributed by atoms with Crippen molar-refractivity contribution in [3.63, 3.8) is 0 Å². The van der Waals surface area contributed by atoms with Crippen molar-refractivity contribution in [2.45, 2.75) is 20.8 Å². The first kappa shape index (κ1) is 24.1. The molecule has 2 amide bonds. The van der Waals surface area contributed by atoms with Crippen LogP contribution in [0, 0.1) is 6.92 Å². The zero-order valence-corrected chi connectivity index (χ0v) is 20.3. The molecule has 9 heteroatoms. The van der Waals surface area contributed by atoms with Crippen LogP contribution in [-0.2, 0) is 9.59 Å². The molecule has 6 nitrogen and oxygen atoms in total. The summed E-state index contributed by atoms with van der Waals surface area (Å²) in [6.07, 6.45) is 1.72. The second-order valence-corrected chi connectivity index (χ2v) is 8.97. The Morgan fingerprint density at radius 1 is 1.22 bits per heavy atom. The third-order valence-electron chi connectivity index (χ3n) is 4.50. The summed E-state index contributed by atoms with van der Waals surface area (Å²) >= 11 is 12.9. The topological polar surface area (TPSA) is 67.9 Å². The lowest BCUT2D eigenvalue weighted by atomic mass is 10.1. The molecule has 0 atom stereocenters. The molecule has 0 radical (unpaired) electrons. The van der Waals surface area contributed by atoms with Crippen LogP contribution in [0.25, 0.3) is 6.08 Å². The Bertz CT molecular complexity index is 1070. The molecule has 1 N–H and O–H groups in total. The molecule has 2 aromatic carbocycles. The quantitative estimate of drug-likeness (QED) is 0.401. The van der Waals surface area contributed by atoms with Gasteiger partial charge in [-0.2, -0.15) is 0 Å². The standard InChI is InChI=1S/C23H23ClN2O4S2/c1-4-26-22(28)19(32-23(26)31)12-15-10-17(24)21(18(11-15)29-5-2)30-13-20(27)25-16-8-6-14(3)7-9-16/h6-12H,4-5,13H2,1-3H3,(H,25,27). The SMILES string of the molecule is CCOc1cc(C=C2SC(=S)N(CC)C2=O)cc(Cl)c1OCC(=O)Nc1ccc(C)cc1. The number of likely N-dealkylation sites (N-methyl/N-ethyl adjacent to an activating group) is 1. The van der Waals surface area contributed by atoms with Gasteiger partial charge in [-0.15, -0.1) is 0 Å². The van der Waals surface area contributed by atoms with E-state index >= 15 is 0 Å². The van der Waals surface area contributed by atoms with Crippen molar-refractivity contribution in [2.24, 2.45) is 0 Å². The van der Waals surface area contributed by atoms with Crippen molar-refractivity contribution in [3.05, 3.63) is 57.5 Å². The molecule has 168 valence electrons. The van der Waals surface area contributed by atoms with Gasteiger partial charge in [0.15, 0.2) is 18.1 Å². The van der Waals surface area contributed by atoms with Crippen LogP contribution >= 0.6 is 35.6 Å². The summed E-state index contributed by atoms with van der Waals surface area (Å²) in [6, 6.07) is 10.8. The molecule has 0 bridgehead atoms. The summed E-state index contributed by atoms with van der Waals surface area (Å²) in [7, 11) is 0. The fraction of sp³-hybridized carbons (Fsp3) is 0.261. The van der Waals surface area contributed by atoms with Crippen LogP contribution in [0.4, 0.5) is 5.69 Å². The molecule has 1 aliphatic heterocycles. The number of aryl methyl sites for hydroxylation is 1. The minimum atomic E-state index is -0.320. The number of benzene rings is 2. The maximum Gasteiger partial charge on any atom is 0.266 e. The Hall–Kier alpha value is -2.55. The highest BCUT2D eigenvalue weighted by Gasteiger charge is 2.30. The van der Waals surface area contributed by atoms with Crippen LogP contribution in [0.1, 0.15) is 25.0 Å². The number of rotatable bonds is 8. The van der Waals surface area contributed by atoms with Crippen LogP contribution in [0.15, 0.2) is 41.3 Å². The molecule has 1 fully saturated rings. The average Bonchev–Trinajstić information content (AvgIpc) is 3.01. The van der Waals surface area contributed by atoms with Gasteiger partial charge >= 0.3 is 0 Å². The first-order valence-corrected chi connectivity index (χ1v) is 11.6. The van der Waals surface area contributed by atoms with Crippen LogP contribution in [0.3, 0.4) is 0 Å². The number of nitrogens with zero attached hydrogens (tertiary/aromatic N) is 1. The highest BCUT2D eigenvalue weighted by molar-refractivity contribution is 8.26. The van der Waals surface area contributed by atoms with Gasteiger partial charge in [0.05, 0.1) is 16.5 Å². The van der Waals surface area contributed by atoms with E-state index in [9.17, 15) is 9.59 Å². The van der Waals surface area contributed by atoms with Gasteiger partial charge in [-0.25, -0.2) is 0 Å². The summed E-state index contributed by atoms with van der Waals surface area (Å²) in [6.45, 7) is 6.34. The maximum atomic E-state index is 12.5. The summed E-state index contributed by atoms with van der Waals surface area (Å²) in [5, 5.41) is 3.05. The first-order valence-electron chi connectivity index (χ1n) is 10.0. The molecule has 0 unspecified atom stereocenters. The molecule has 1 saturated heterocycles. The monoisotopic (exact) mass is 490 g/mol. The average molecular weight is 491 g/mol. The second-order valence-electron chi connectivity index (χ2n) is 6.89. The molecule has 0 spiro atoms. The van der Waals surface area contributed by atoms with E-state index in [1.54, 1.807) is 23.1 Å². The van der Waals surface area contributed by atoms with Gasteiger partial charge in [0.2, 0.25) is 0 Å². The van der Waals surface area contributed by atoms with E-state index in [0.29, 0.717) is 39.4 Å². The number of halogens is 1. The zero-order chi connectivity index (χ0) is 23.3. The fourth-order valence-electron chi connectivity index (χ4n) is 2.97. The molecule has 0 aromatic heterocycles. The van der Waals surface area contributed by atoms with Crippen molar-refractivity contribution >= 4 is 63.5 Å². The highest BCUT2D eigenvalue weighted by Crippen LogP contribution is 2.39. The van der Waals surface area contributed by atoms with Crippen molar-refractivity contribution in [1.29, 1.82) is 0 Å². The number of nitrogens with one attached hydrogen (secondary N) is 1. The molecule has 0 saturated carbocycles. The van der Waals surface area contributed by atoms with Crippen LogP contribution in [0.2, 0.25) is 5.02 Å². The van der Waals surface area contributed by atoms with E-state index in [0.717, 1.165) is 5.56 Å². The smallest absolute Gasteiger partial charge is 0.266 e. The zero-order valence-electron chi connectivity index (χ0n) is 17.9. The molecular weight excluding hydrogens is 468 g/mol. The van der Waals surface area contributed by atoms with Gasteiger partial charge in [-0.1, -0.05) is 53.3 Å². The van der Waals surface area contributed by atoms with Gasteiger partial charge in [0, 0.05) is 12.2 Å². The minimum absolute atomic E-state index is 0.135. The molecule has 1 heterocycles. The van der Waals surface area contributed by atoms with Gasteiger partial charge in [0.1, 0.15) is 4.32 Å². The van der Waals surface area contributed by atoms with Gasteiger partial charge < -0.3 is 14.8 Å². The van der Waals surface area contributed by atoms with Crippen LogP contribution < -0.4 is 14.8 Å². The Labute approximate surface area is 201 Å². The van der Waals surface area contributed by atoms with Gasteiger partial charge in [-0.05, 0) is 56.7 Å². The lowest BCUT2D eigenvalue weighted by Gasteiger charge is -2.15. The van der Waals surface area contributed by atoms with E-state index in [4.69, 9.17) is 33.3 Å². The second kappa shape index (κ2) is 10.8. The largest absolute Gasteiger partial charge is 0.490 e. The Morgan fingerprint density at radius 2 is 1.94 bits per heavy atom.